The van der Waals surface area contributed by atoms with E-state index in [1.807, 2.05) is 6.92 Å². The van der Waals surface area contributed by atoms with Gasteiger partial charge >= 0.3 is 5.97 Å². The maximum absolute atomic E-state index is 11.6. The lowest BCUT2D eigenvalue weighted by molar-refractivity contribution is -0.120. The molecule has 1 aromatic rings. The van der Waals surface area contributed by atoms with Gasteiger partial charge in [0.25, 0.3) is 0 Å². The van der Waals surface area contributed by atoms with Gasteiger partial charge in [-0.25, -0.2) is 4.79 Å². The second-order valence-corrected chi connectivity index (χ2v) is 3.99. The first-order chi connectivity index (χ1) is 8.54. The van der Waals surface area contributed by atoms with Gasteiger partial charge in [-0.05, 0) is 18.6 Å². The fourth-order valence-electron chi connectivity index (χ4n) is 1.46. The topological polar surface area (TPSA) is 75.6 Å². The van der Waals surface area contributed by atoms with Gasteiger partial charge < -0.3 is 15.2 Å². The van der Waals surface area contributed by atoms with Crippen molar-refractivity contribution in [1.29, 1.82) is 0 Å². The number of benzene rings is 1. The predicted octanol–water partition coefficient (Wildman–Crippen LogP) is 1.08. The molecule has 5 nitrogen and oxygen atoms in total. The first-order valence-corrected chi connectivity index (χ1v) is 5.65. The molecule has 1 amide bonds. The molecule has 0 spiro atoms. The van der Waals surface area contributed by atoms with Crippen LogP contribution in [0.25, 0.3) is 0 Å². The number of rotatable bonds is 6. The first-order valence-electron chi connectivity index (χ1n) is 5.65. The summed E-state index contributed by atoms with van der Waals surface area (Å²) in [5.41, 5.74) is 0.667. The summed E-state index contributed by atoms with van der Waals surface area (Å²) in [6.07, 6.45) is -0.0116. The number of hydrogen-bond donors (Lipinski definition) is 2. The molecule has 0 aliphatic carbocycles. The largest absolute Gasteiger partial charge is 0.478 e. The first kappa shape index (κ1) is 14.2. The van der Waals surface area contributed by atoms with Crippen molar-refractivity contribution in [2.24, 2.45) is 0 Å². The summed E-state index contributed by atoms with van der Waals surface area (Å²) in [6, 6.07) is 6.48. The molecule has 0 saturated carbocycles. The highest BCUT2D eigenvalue weighted by Gasteiger charge is 2.12. The Kier molecular flexibility index (Phi) is 5.32. The van der Waals surface area contributed by atoms with Gasteiger partial charge in [0.15, 0.2) is 0 Å². The lowest BCUT2D eigenvalue weighted by Crippen LogP contribution is -2.32. The zero-order chi connectivity index (χ0) is 13.5. The Morgan fingerprint density at radius 3 is 2.67 bits per heavy atom. The fraction of sp³-hybridized carbons (Fsp3) is 0.385. The Balaban J connectivity index is 2.62. The van der Waals surface area contributed by atoms with Crippen LogP contribution in [0.4, 0.5) is 0 Å². The molecule has 0 bridgehead atoms. The van der Waals surface area contributed by atoms with Crippen LogP contribution in [0.3, 0.4) is 0 Å². The van der Waals surface area contributed by atoms with Gasteiger partial charge in [0.1, 0.15) is 0 Å². The van der Waals surface area contributed by atoms with Crippen molar-refractivity contribution in [2.45, 2.75) is 19.4 Å². The van der Waals surface area contributed by atoms with Crippen molar-refractivity contribution in [3.05, 3.63) is 35.4 Å². The van der Waals surface area contributed by atoms with Crippen LogP contribution in [0.5, 0.6) is 0 Å². The van der Waals surface area contributed by atoms with E-state index in [0.29, 0.717) is 12.1 Å². The Morgan fingerprint density at radius 2 is 2.06 bits per heavy atom. The minimum Gasteiger partial charge on any atom is -0.478 e. The van der Waals surface area contributed by atoms with Gasteiger partial charge in [-0.3, -0.25) is 4.79 Å². The van der Waals surface area contributed by atoms with Crippen molar-refractivity contribution in [3.63, 3.8) is 0 Å². The van der Waals surface area contributed by atoms with Crippen LogP contribution in [0, 0.1) is 0 Å². The van der Waals surface area contributed by atoms with E-state index < -0.39 is 5.97 Å². The van der Waals surface area contributed by atoms with E-state index in [-0.39, 0.29) is 24.0 Å². The molecular weight excluding hydrogens is 234 g/mol. The molecule has 0 aromatic heterocycles. The van der Waals surface area contributed by atoms with E-state index in [9.17, 15) is 9.59 Å². The number of hydrogen-bond acceptors (Lipinski definition) is 3. The Morgan fingerprint density at radius 1 is 1.39 bits per heavy atom. The van der Waals surface area contributed by atoms with Gasteiger partial charge in [0.05, 0.1) is 18.1 Å². The second kappa shape index (κ2) is 6.76. The van der Waals surface area contributed by atoms with Crippen LogP contribution in [-0.2, 0) is 16.0 Å². The van der Waals surface area contributed by atoms with E-state index in [1.165, 1.54) is 6.07 Å². The fourth-order valence-corrected chi connectivity index (χ4v) is 1.46. The quantitative estimate of drug-likeness (QED) is 0.793. The second-order valence-electron chi connectivity index (χ2n) is 3.99. The van der Waals surface area contributed by atoms with Crippen molar-refractivity contribution < 1.29 is 19.4 Å². The van der Waals surface area contributed by atoms with Crippen LogP contribution in [0.15, 0.2) is 24.3 Å². The average molecular weight is 251 g/mol. The van der Waals surface area contributed by atoms with Crippen LogP contribution in [0.2, 0.25) is 0 Å². The molecular formula is C13H17NO4. The van der Waals surface area contributed by atoms with E-state index in [1.54, 1.807) is 25.3 Å². The maximum Gasteiger partial charge on any atom is 0.335 e. The lowest BCUT2D eigenvalue weighted by atomic mass is 10.0. The number of nitrogens with one attached hydrogen (secondary N) is 1. The lowest BCUT2D eigenvalue weighted by Gasteiger charge is -2.11. The van der Waals surface area contributed by atoms with Crippen LogP contribution in [-0.4, -0.2) is 36.7 Å². The number of methoxy groups -OCH3 is 1. The minimum absolute atomic E-state index is 0.0545. The van der Waals surface area contributed by atoms with E-state index >= 15 is 0 Å². The summed E-state index contributed by atoms with van der Waals surface area (Å²) in [4.78, 5) is 22.6. The number of amides is 1. The number of carbonyl (C=O) groups excluding carboxylic acids is 1. The van der Waals surface area contributed by atoms with Gasteiger partial charge in [0.2, 0.25) is 5.91 Å². The Labute approximate surface area is 106 Å². The van der Waals surface area contributed by atoms with E-state index in [0.717, 1.165) is 0 Å². The molecule has 0 saturated heterocycles. The highest BCUT2D eigenvalue weighted by atomic mass is 16.5. The van der Waals surface area contributed by atoms with Gasteiger partial charge in [-0.1, -0.05) is 18.2 Å². The normalized spacial score (nSPS) is 11.9. The summed E-state index contributed by atoms with van der Waals surface area (Å²) in [7, 11) is 1.57. The zero-order valence-electron chi connectivity index (χ0n) is 10.5. The maximum atomic E-state index is 11.6. The number of carbonyl (C=O) groups is 2. The third-order valence-electron chi connectivity index (χ3n) is 2.59. The highest BCUT2D eigenvalue weighted by molar-refractivity contribution is 5.91. The molecule has 18 heavy (non-hydrogen) atoms. The monoisotopic (exact) mass is 251 g/mol. The number of carboxylic acid groups (broad SMARTS) is 1. The van der Waals surface area contributed by atoms with Gasteiger partial charge in [-0.15, -0.1) is 0 Å². The van der Waals surface area contributed by atoms with Crippen molar-refractivity contribution in [3.8, 4) is 0 Å². The predicted molar refractivity (Wildman–Crippen MR) is 66.6 cm³/mol. The Hall–Kier alpha value is -1.88. The third kappa shape index (κ3) is 4.18. The van der Waals surface area contributed by atoms with Gasteiger partial charge in [0, 0.05) is 13.7 Å². The molecule has 0 radical (unpaired) electrons. The van der Waals surface area contributed by atoms with Crippen LogP contribution < -0.4 is 5.32 Å². The molecule has 2 N–H and O–H groups in total. The third-order valence-corrected chi connectivity index (χ3v) is 2.59. The summed E-state index contributed by atoms with van der Waals surface area (Å²) < 4.78 is 5.00. The number of carboxylic acids is 1. The molecule has 1 unspecified atom stereocenters. The molecule has 98 valence electrons. The van der Waals surface area contributed by atoms with Crippen molar-refractivity contribution >= 4 is 11.9 Å². The number of aromatic carboxylic acids is 1. The molecule has 5 heteroatoms. The summed E-state index contributed by atoms with van der Waals surface area (Å²) in [5, 5.41) is 11.7. The van der Waals surface area contributed by atoms with Gasteiger partial charge in [-0.2, -0.15) is 0 Å². The molecule has 1 atom stereocenters. The Bertz CT molecular complexity index is 431. The molecule has 0 heterocycles. The summed E-state index contributed by atoms with van der Waals surface area (Å²) >= 11 is 0. The SMILES string of the molecule is COC(C)CNC(=O)Cc1ccccc1C(=O)O. The van der Waals surface area contributed by atoms with Crippen molar-refractivity contribution in [2.75, 3.05) is 13.7 Å². The van der Waals surface area contributed by atoms with E-state index in [4.69, 9.17) is 9.84 Å². The summed E-state index contributed by atoms with van der Waals surface area (Å²) in [6.45, 7) is 2.25. The molecule has 0 fully saturated rings. The zero-order valence-corrected chi connectivity index (χ0v) is 10.5. The standard InChI is InChI=1S/C13H17NO4/c1-9(18-2)8-14-12(15)7-10-5-3-4-6-11(10)13(16)17/h3-6,9H,7-8H2,1-2H3,(H,14,15)(H,16,17). The van der Waals surface area contributed by atoms with Crippen molar-refractivity contribution in [1.82, 2.24) is 5.32 Å². The number of ether oxygens (including phenoxy) is 1. The average Bonchev–Trinajstić information content (AvgIpc) is 2.36. The molecule has 0 aliphatic rings. The van der Waals surface area contributed by atoms with Crippen LogP contribution in [0.1, 0.15) is 22.8 Å². The highest BCUT2D eigenvalue weighted by Crippen LogP contribution is 2.09. The summed E-state index contributed by atoms with van der Waals surface area (Å²) in [5.74, 6) is -1.24. The molecule has 1 rings (SSSR count). The smallest absolute Gasteiger partial charge is 0.335 e. The van der Waals surface area contributed by atoms with Crippen LogP contribution >= 0.6 is 0 Å². The molecule has 1 aromatic carbocycles. The van der Waals surface area contributed by atoms with E-state index in [2.05, 4.69) is 5.32 Å². The molecule has 0 aliphatic heterocycles. The minimum atomic E-state index is -1.02.